The molecule has 0 aromatic carbocycles. The number of terminal acetylenes is 1. The van der Waals surface area contributed by atoms with E-state index in [1.807, 2.05) is 11.8 Å². The van der Waals surface area contributed by atoms with Crippen molar-refractivity contribution in [3.8, 4) is 12.3 Å². The van der Waals surface area contributed by atoms with E-state index in [2.05, 4.69) is 17.1 Å². The fraction of sp³-hybridized carbons (Fsp3) is 0.769. The molecule has 0 bridgehead atoms. The lowest BCUT2D eigenvalue weighted by atomic mass is 10.1. The number of carbonyl (C=O) groups excluding carboxylic acids is 1. The molecule has 0 spiro atoms. The van der Waals surface area contributed by atoms with E-state index >= 15 is 0 Å². The third-order valence-corrected chi connectivity index (χ3v) is 3.74. The predicted octanol–water partition coefficient (Wildman–Crippen LogP) is 2.53. The molecule has 0 aliphatic carbocycles. The Morgan fingerprint density at radius 3 is 3.06 bits per heavy atom. The van der Waals surface area contributed by atoms with Crippen LogP contribution >= 0.6 is 11.8 Å². The maximum absolute atomic E-state index is 12.0. The highest BCUT2D eigenvalue weighted by Gasteiger charge is 2.27. The molecule has 1 amide bonds. The van der Waals surface area contributed by atoms with Gasteiger partial charge in [0.05, 0.1) is 0 Å². The summed E-state index contributed by atoms with van der Waals surface area (Å²) in [5.74, 6) is 4.02. The first-order chi connectivity index (χ1) is 7.79. The van der Waals surface area contributed by atoms with Gasteiger partial charge in [0.2, 0.25) is 5.91 Å². The first-order valence-electron chi connectivity index (χ1n) is 6.01. The summed E-state index contributed by atoms with van der Waals surface area (Å²) >= 11 is 1.83. The molecule has 1 aliphatic rings. The largest absolute Gasteiger partial charge is 0.339 e. The van der Waals surface area contributed by atoms with Gasteiger partial charge < -0.3 is 4.90 Å². The number of likely N-dealkylation sites (tertiary alicyclic amines) is 1. The summed E-state index contributed by atoms with van der Waals surface area (Å²) in [5, 5.41) is 0. The van der Waals surface area contributed by atoms with Crippen LogP contribution in [0.1, 0.15) is 38.5 Å². The average Bonchev–Trinajstić information content (AvgIpc) is 2.73. The van der Waals surface area contributed by atoms with E-state index in [0.717, 1.165) is 31.6 Å². The lowest BCUT2D eigenvalue weighted by Gasteiger charge is -2.24. The Balaban J connectivity index is 2.27. The number of nitrogens with zero attached hydrogens (tertiary/aromatic N) is 1. The van der Waals surface area contributed by atoms with Gasteiger partial charge in [-0.15, -0.1) is 12.3 Å². The summed E-state index contributed by atoms with van der Waals surface area (Å²) in [7, 11) is 0. The van der Waals surface area contributed by atoms with Crippen LogP contribution in [0.4, 0.5) is 0 Å². The summed E-state index contributed by atoms with van der Waals surface area (Å²) < 4.78 is 0. The van der Waals surface area contributed by atoms with Crippen molar-refractivity contribution in [2.45, 2.75) is 44.6 Å². The molecule has 0 aromatic heterocycles. The summed E-state index contributed by atoms with van der Waals surface area (Å²) in [4.78, 5) is 14.0. The molecule has 0 N–H and O–H groups in total. The fourth-order valence-corrected chi connectivity index (χ4v) is 2.91. The molecule has 1 unspecified atom stereocenters. The second kappa shape index (κ2) is 7.62. The molecule has 0 aromatic rings. The molecule has 1 fully saturated rings. The Morgan fingerprint density at radius 2 is 2.38 bits per heavy atom. The van der Waals surface area contributed by atoms with Crippen LogP contribution in [0.3, 0.4) is 0 Å². The summed E-state index contributed by atoms with van der Waals surface area (Å²) in [6.45, 7) is 0.958. The number of amides is 1. The molecule has 90 valence electrons. The second-order valence-corrected chi connectivity index (χ2v) is 5.16. The third-order valence-electron chi connectivity index (χ3n) is 3.02. The van der Waals surface area contributed by atoms with E-state index in [1.165, 1.54) is 12.8 Å². The quantitative estimate of drug-likeness (QED) is 0.524. The van der Waals surface area contributed by atoms with Crippen LogP contribution in [0.2, 0.25) is 0 Å². The van der Waals surface area contributed by atoms with Crippen molar-refractivity contribution in [3.63, 3.8) is 0 Å². The van der Waals surface area contributed by atoms with Crippen molar-refractivity contribution in [2.75, 3.05) is 18.6 Å². The minimum Gasteiger partial charge on any atom is -0.339 e. The Labute approximate surface area is 103 Å². The Bertz CT molecular complexity index is 259. The zero-order chi connectivity index (χ0) is 11.8. The van der Waals surface area contributed by atoms with Gasteiger partial charge in [0.15, 0.2) is 0 Å². The normalized spacial score (nSPS) is 19.8. The van der Waals surface area contributed by atoms with Crippen molar-refractivity contribution in [1.29, 1.82) is 0 Å². The zero-order valence-corrected chi connectivity index (χ0v) is 10.9. The minimum absolute atomic E-state index is 0.327. The highest BCUT2D eigenvalue weighted by Crippen LogP contribution is 2.21. The molecule has 0 radical (unpaired) electrons. The predicted molar refractivity (Wildman–Crippen MR) is 70.4 cm³/mol. The van der Waals surface area contributed by atoms with E-state index in [1.54, 1.807) is 0 Å². The smallest absolute Gasteiger partial charge is 0.222 e. The first kappa shape index (κ1) is 13.4. The molecule has 1 aliphatic heterocycles. The van der Waals surface area contributed by atoms with Gasteiger partial charge in [-0.1, -0.05) is 0 Å². The summed E-state index contributed by atoms with van der Waals surface area (Å²) in [6, 6.07) is 0.482. The van der Waals surface area contributed by atoms with Crippen LogP contribution in [-0.4, -0.2) is 35.4 Å². The third kappa shape index (κ3) is 4.09. The second-order valence-electron chi connectivity index (χ2n) is 4.25. The van der Waals surface area contributed by atoms with E-state index in [4.69, 9.17) is 6.42 Å². The van der Waals surface area contributed by atoms with Gasteiger partial charge in [-0.05, 0) is 31.9 Å². The average molecular weight is 239 g/mol. The monoisotopic (exact) mass is 239 g/mol. The molecule has 2 nitrogen and oxygen atoms in total. The van der Waals surface area contributed by atoms with Crippen molar-refractivity contribution in [1.82, 2.24) is 4.90 Å². The summed E-state index contributed by atoms with van der Waals surface area (Å²) in [6.07, 6.45) is 13.0. The Kier molecular flexibility index (Phi) is 6.40. The number of carbonyl (C=O) groups is 1. The first-order valence-corrected chi connectivity index (χ1v) is 7.41. The number of unbranched alkanes of at least 4 members (excludes halogenated alkanes) is 2. The number of hydrogen-bond acceptors (Lipinski definition) is 2. The van der Waals surface area contributed by atoms with Crippen molar-refractivity contribution < 1.29 is 4.79 Å². The molecular formula is C13H21NOS. The van der Waals surface area contributed by atoms with E-state index < -0.39 is 0 Å². The number of rotatable bonds is 6. The van der Waals surface area contributed by atoms with Gasteiger partial charge >= 0.3 is 0 Å². The molecule has 1 rings (SSSR count). The number of thioether (sulfide) groups is 1. The van der Waals surface area contributed by atoms with Gasteiger partial charge in [-0.3, -0.25) is 4.79 Å². The van der Waals surface area contributed by atoms with Gasteiger partial charge in [-0.2, -0.15) is 11.8 Å². The van der Waals surface area contributed by atoms with Crippen LogP contribution in [0.25, 0.3) is 0 Å². The standard InChI is InChI=1S/C13H21NOS/c1-3-4-5-6-9-13(15)14-10-7-8-12(14)11-16-2/h1,12H,4-11H2,2H3. The minimum atomic E-state index is 0.327. The molecule has 1 saturated heterocycles. The molecule has 1 heterocycles. The maximum Gasteiger partial charge on any atom is 0.222 e. The zero-order valence-electron chi connectivity index (χ0n) is 10.1. The highest BCUT2D eigenvalue weighted by molar-refractivity contribution is 7.98. The van der Waals surface area contributed by atoms with E-state index in [0.29, 0.717) is 18.4 Å². The SMILES string of the molecule is C#CCCCCC(=O)N1CCCC1CSC. The molecule has 1 atom stereocenters. The van der Waals surface area contributed by atoms with Gasteiger partial charge in [0, 0.05) is 31.2 Å². The topological polar surface area (TPSA) is 20.3 Å². The van der Waals surface area contributed by atoms with Crippen LogP contribution in [0, 0.1) is 12.3 Å². The number of hydrogen-bond donors (Lipinski definition) is 0. The van der Waals surface area contributed by atoms with Crippen LogP contribution < -0.4 is 0 Å². The molecule has 3 heteroatoms. The van der Waals surface area contributed by atoms with Gasteiger partial charge in [0.1, 0.15) is 0 Å². The van der Waals surface area contributed by atoms with Crippen molar-refractivity contribution in [2.24, 2.45) is 0 Å². The van der Waals surface area contributed by atoms with Gasteiger partial charge in [0.25, 0.3) is 0 Å². The van der Waals surface area contributed by atoms with Crippen LogP contribution in [0.5, 0.6) is 0 Å². The lowest BCUT2D eigenvalue weighted by molar-refractivity contribution is -0.131. The molecule has 16 heavy (non-hydrogen) atoms. The Hall–Kier alpha value is -0.620. The summed E-state index contributed by atoms with van der Waals surface area (Å²) in [5.41, 5.74) is 0. The van der Waals surface area contributed by atoms with E-state index in [-0.39, 0.29) is 0 Å². The highest BCUT2D eigenvalue weighted by atomic mass is 32.2. The maximum atomic E-state index is 12.0. The fourth-order valence-electron chi connectivity index (χ4n) is 2.18. The van der Waals surface area contributed by atoms with Crippen molar-refractivity contribution in [3.05, 3.63) is 0 Å². The van der Waals surface area contributed by atoms with Crippen LogP contribution in [-0.2, 0) is 4.79 Å². The van der Waals surface area contributed by atoms with Gasteiger partial charge in [-0.25, -0.2) is 0 Å². The van der Waals surface area contributed by atoms with E-state index in [9.17, 15) is 4.79 Å². The molecule has 0 saturated carbocycles. The van der Waals surface area contributed by atoms with Crippen molar-refractivity contribution >= 4 is 17.7 Å². The molecular weight excluding hydrogens is 218 g/mol. The lowest BCUT2D eigenvalue weighted by Crippen LogP contribution is -2.36. The Morgan fingerprint density at radius 1 is 1.56 bits per heavy atom. The van der Waals surface area contributed by atoms with Crippen LogP contribution in [0.15, 0.2) is 0 Å².